The van der Waals surface area contributed by atoms with E-state index in [1.54, 1.807) is 7.05 Å². The zero-order valence-electron chi connectivity index (χ0n) is 7.38. The Morgan fingerprint density at radius 1 is 1.45 bits per heavy atom. The molecule has 1 saturated heterocycles. The van der Waals surface area contributed by atoms with Gasteiger partial charge in [-0.3, -0.25) is 0 Å². The molecule has 2 nitrogen and oxygen atoms in total. The summed E-state index contributed by atoms with van der Waals surface area (Å²) in [6, 6.07) is 0. The van der Waals surface area contributed by atoms with Gasteiger partial charge in [0, 0.05) is 28.3 Å². The Morgan fingerprint density at radius 2 is 2.00 bits per heavy atom. The lowest BCUT2D eigenvalue weighted by Crippen LogP contribution is -2.22. The molecule has 0 saturated carbocycles. The van der Waals surface area contributed by atoms with Crippen molar-refractivity contribution in [1.29, 1.82) is 0 Å². The van der Waals surface area contributed by atoms with Gasteiger partial charge >= 0.3 is 0 Å². The zero-order valence-corrected chi connectivity index (χ0v) is 8.19. The summed E-state index contributed by atoms with van der Waals surface area (Å²) in [6.45, 7) is 2.21. The van der Waals surface area contributed by atoms with Crippen LogP contribution < -0.4 is 0 Å². The monoisotopic (exact) mass is 175 g/mol. The molecular weight excluding hydrogens is 158 g/mol. The fourth-order valence-electron chi connectivity index (χ4n) is 1.54. The van der Waals surface area contributed by atoms with Gasteiger partial charge in [-0.05, 0) is 18.8 Å². The van der Waals surface area contributed by atoms with Crippen molar-refractivity contribution in [1.82, 2.24) is 0 Å². The van der Waals surface area contributed by atoms with Gasteiger partial charge in [0.25, 0.3) is 0 Å². The minimum absolute atomic E-state index is 0.811. The summed E-state index contributed by atoms with van der Waals surface area (Å²) in [4.78, 5) is 0. The molecule has 1 rings (SSSR count). The van der Waals surface area contributed by atoms with Crippen LogP contribution in [0.15, 0.2) is 4.36 Å². The molecule has 0 atom stereocenters. The van der Waals surface area contributed by atoms with Gasteiger partial charge < -0.3 is 0 Å². The van der Waals surface area contributed by atoms with Crippen LogP contribution in [0, 0.1) is 5.92 Å². The van der Waals surface area contributed by atoms with E-state index >= 15 is 0 Å². The van der Waals surface area contributed by atoms with E-state index in [1.165, 1.54) is 6.42 Å². The topological polar surface area (TPSA) is 29.4 Å². The second-order valence-electron chi connectivity index (χ2n) is 3.22. The van der Waals surface area contributed by atoms with Gasteiger partial charge in [-0.1, -0.05) is 13.3 Å². The molecule has 66 valence electrons. The van der Waals surface area contributed by atoms with Gasteiger partial charge in [0.1, 0.15) is 0 Å². The van der Waals surface area contributed by atoms with E-state index in [0.29, 0.717) is 0 Å². The summed E-state index contributed by atoms with van der Waals surface area (Å²) in [7, 11) is -0.0570. The van der Waals surface area contributed by atoms with Crippen LogP contribution in [0.4, 0.5) is 0 Å². The van der Waals surface area contributed by atoms with Crippen LogP contribution in [0.5, 0.6) is 0 Å². The van der Waals surface area contributed by atoms with E-state index in [4.69, 9.17) is 0 Å². The highest BCUT2D eigenvalue weighted by Crippen LogP contribution is 2.22. The van der Waals surface area contributed by atoms with Crippen LogP contribution in [-0.2, 0) is 9.73 Å². The molecular formula is C8H17NOS. The third kappa shape index (κ3) is 2.19. The summed E-state index contributed by atoms with van der Waals surface area (Å²) in [5.74, 6) is 2.48. The predicted octanol–water partition coefficient (Wildman–Crippen LogP) is 1.90. The van der Waals surface area contributed by atoms with E-state index in [-0.39, 0.29) is 0 Å². The summed E-state index contributed by atoms with van der Waals surface area (Å²) < 4.78 is 15.6. The number of hydrogen-bond acceptors (Lipinski definition) is 2. The molecule has 0 bridgehead atoms. The first-order valence-electron chi connectivity index (χ1n) is 4.31. The molecule has 0 amide bonds. The molecule has 0 aromatic rings. The number of hydrogen-bond donors (Lipinski definition) is 0. The van der Waals surface area contributed by atoms with Crippen molar-refractivity contribution < 1.29 is 4.21 Å². The lowest BCUT2D eigenvalue weighted by molar-refractivity contribution is 0.464. The van der Waals surface area contributed by atoms with Gasteiger partial charge in [-0.2, -0.15) is 0 Å². The second-order valence-corrected chi connectivity index (χ2v) is 5.94. The predicted molar refractivity (Wildman–Crippen MR) is 49.2 cm³/mol. The van der Waals surface area contributed by atoms with E-state index in [1.807, 2.05) is 0 Å². The Hall–Kier alpha value is -0.0500. The van der Waals surface area contributed by atoms with Crippen LogP contribution in [0.3, 0.4) is 0 Å². The first-order chi connectivity index (χ1) is 5.20. The van der Waals surface area contributed by atoms with E-state index in [0.717, 1.165) is 30.3 Å². The van der Waals surface area contributed by atoms with Crippen molar-refractivity contribution >= 4 is 9.73 Å². The molecule has 0 spiro atoms. The molecule has 0 radical (unpaired) electrons. The van der Waals surface area contributed by atoms with Crippen molar-refractivity contribution in [2.75, 3.05) is 18.6 Å². The standard InChI is InChI=1S/C8H17NOS/c1-3-8-4-6-11(10,9-2)7-5-8/h8H,3-7H2,1-2H3. The maximum absolute atomic E-state index is 11.7. The highest BCUT2D eigenvalue weighted by atomic mass is 32.2. The van der Waals surface area contributed by atoms with Crippen molar-refractivity contribution in [3.05, 3.63) is 0 Å². The minimum Gasteiger partial charge on any atom is -0.250 e. The molecule has 1 aliphatic heterocycles. The maximum atomic E-state index is 11.7. The van der Waals surface area contributed by atoms with Crippen LogP contribution in [0.1, 0.15) is 26.2 Å². The van der Waals surface area contributed by atoms with Crippen LogP contribution >= 0.6 is 0 Å². The fraction of sp³-hybridized carbons (Fsp3) is 1.00. The summed E-state index contributed by atoms with van der Waals surface area (Å²) >= 11 is 0. The molecule has 0 N–H and O–H groups in total. The highest BCUT2D eigenvalue weighted by molar-refractivity contribution is 7.93. The van der Waals surface area contributed by atoms with Crippen molar-refractivity contribution in [3.8, 4) is 0 Å². The Kier molecular flexibility index (Phi) is 2.93. The van der Waals surface area contributed by atoms with E-state index < -0.39 is 9.73 Å². The normalized spacial score (nSPS) is 38.5. The smallest absolute Gasteiger partial charge is 0.0465 e. The molecule has 1 aliphatic rings. The summed E-state index contributed by atoms with van der Waals surface area (Å²) in [6.07, 6.45) is 3.47. The Labute approximate surface area is 69.6 Å². The Balaban J connectivity index is 2.55. The molecule has 3 heteroatoms. The molecule has 11 heavy (non-hydrogen) atoms. The van der Waals surface area contributed by atoms with Crippen molar-refractivity contribution in [2.24, 2.45) is 10.3 Å². The Bertz CT molecular complexity index is 214. The lowest BCUT2D eigenvalue weighted by atomic mass is 10.0. The third-order valence-corrected chi connectivity index (χ3v) is 5.01. The molecule has 0 aromatic carbocycles. The average molecular weight is 175 g/mol. The lowest BCUT2D eigenvalue weighted by Gasteiger charge is -2.22. The van der Waals surface area contributed by atoms with Crippen molar-refractivity contribution in [3.63, 3.8) is 0 Å². The van der Waals surface area contributed by atoms with Crippen LogP contribution in [-0.4, -0.2) is 22.8 Å². The second kappa shape index (κ2) is 3.57. The molecule has 0 aromatic heterocycles. The van der Waals surface area contributed by atoms with Crippen molar-refractivity contribution in [2.45, 2.75) is 26.2 Å². The third-order valence-electron chi connectivity index (χ3n) is 2.60. The maximum Gasteiger partial charge on any atom is 0.0465 e. The SMILES string of the molecule is CCC1CCS(=O)(=NC)CC1. The van der Waals surface area contributed by atoms with E-state index in [9.17, 15) is 4.21 Å². The molecule has 1 heterocycles. The first kappa shape index (κ1) is 9.04. The Morgan fingerprint density at radius 3 is 2.36 bits per heavy atom. The van der Waals surface area contributed by atoms with Gasteiger partial charge in [0.05, 0.1) is 0 Å². The van der Waals surface area contributed by atoms with Gasteiger partial charge in [0.15, 0.2) is 0 Å². The molecule has 0 unspecified atom stereocenters. The minimum atomic E-state index is -1.75. The fourth-order valence-corrected chi connectivity index (χ4v) is 3.51. The first-order valence-corrected chi connectivity index (χ1v) is 6.16. The number of nitrogens with zero attached hydrogens (tertiary/aromatic N) is 1. The zero-order chi connectivity index (χ0) is 8.32. The van der Waals surface area contributed by atoms with Gasteiger partial charge in [-0.15, -0.1) is 0 Å². The largest absolute Gasteiger partial charge is 0.250 e. The van der Waals surface area contributed by atoms with Gasteiger partial charge in [0.2, 0.25) is 0 Å². The molecule has 0 aliphatic carbocycles. The summed E-state index contributed by atoms with van der Waals surface area (Å²) in [5, 5.41) is 0. The summed E-state index contributed by atoms with van der Waals surface area (Å²) in [5.41, 5.74) is 0. The highest BCUT2D eigenvalue weighted by Gasteiger charge is 2.19. The van der Waals surface area contributed by atoms with Gasteiger partial charge in [-0.25, -0.2) is 8.57 Å². The number of rotatable bonds is 1. The van der Waals surface area contributed by atoms with Crippen LogP contribution in [0.2, 0.25) is 0 Å². The quantitative estimate of drug-likeness (QED) is 0.598. The molecule has 1 fully saturated rings. The van der Waals surface area contributed by atoms with E-state index in [2.05, 4.69) is 11.3 Å². The van der Waals surface area contributed by atoms with Crippen LogP contribution in [0.25, 0.3) is 0 Å². The average Bonchev–Trinajstić information content (AvgIpc) is 2.06.